The lowest BCUT2D eigenvalue weighted by Gasteiger charge is -2.24. The van der Waals surface area contributed by atoms with Crippen LogP contribution in [0, 0.1) is 12.8 Å². The van der Waals surface area contributed by atoms with Crippen molar-refractivity contribution >= 4 is 17.3 Å². The first-order chi connectivity index (χ1) is 7.70. The Balaban J connectivity index is 2.70. The molecule has 96 valence electrons. The van der Waals surface area contributed by atoms with E-state index in [1.165, 1.54) is 11.3 Å². The number of thiophene rings is 1. The number of aryl methyl sites for hydroxylation is 1. The Bertz CT molecular complexity index is 390. The van der Waals surface area contributed by atoms with Crippen molar-refractivity contribution in [2.45, 2.75) is 46.3 Å². The zero-order chi connectivity index (χ0) is 13.2. The van der Waals surface area contributed by atoms with E-state index in [9.17, 15) is 9.90 Å². The normalized spacial score (nSPS) is 15.4. The van der Waals surface area contributed by atoms with Crippen LogP contribution in [0.5, 0.6) is 0 Å². The van der Waals surface area contributed by atoms with Gasteiger partial charge < -0.3 is 9.84 Å². The molecule has 1 aromatic rings. The first-order valence-electron chi connectivity index (χ1n) is 5.68. The van der Waals surface area contributed by atoms with E-state index in [-0.39, 0.29) is 5.97 Å². The van der Waals surface area contributed by atoms with Crippen LogP contribution >= 0.6 is 11.3 Å². The second kappa shape index (κ2) is 5.19. The van der Waals surface area contributed by atoms with Gasteiger partial charge in [0, 0.05) is 9.75 Å². The summed E-state index contributed by atoms with van der Waals surface area (Å²) >= 11 is 1.50. The van der Waals surface area contributed by atoms with Crippen molar-refractivity contribution in [2.75, 3.05) is 0 Å². The predicted octanol–water partition coefficient (Wildman–Crippen LogP) is 3.07. The lowest BCUT2D eigenvalue weighted by Crippen LogP contribution is -2.30. The summed E-state index contributed by atoms with van der Waals surface area (Å²) in [5.41, 5.74) is -0.517. The summed E-state index contributed by atoms with van der Waals surface area (Å²) in [7, 11) is 0. The summed E-state index contributed by atoms with van der Waals surface area (Å²) in [6, 6.07) is 3.79. The van der Waals surface area contributed by atoms with E-state index in [0.29, 0.717) is 0 Å². The van der Waals surface area contributed by atoms with Gasteiger partial charge in [0.05, 0.1) is 5.92 Å². The SMILES string of the molecule is Cc1ccc(C(O)C(C)C(=O)OC(C)(C)C)s1. The van der Waals surface area contributed by atoms with Crippen LogP contribution in [0.2, 0.25) is 0 Å². The van der Waals surface area contributed by atoms with E-state index in [2.05, 4.69) is 0 Å². The number of carbonyl (C=O) groups is 1. The molecular weight excluding hydrogens is 236 g/mol. The average molecular weight is 256 g/mol. The minimum absolute atomic E-state index is 0.365. The molecule has 0 amide bonds. The highest BCUT2D eigenvalue weighted by Crippen LogP contribution is 2.29. The number of aliphatic hydroxyl groups excluding tert-OH is 1. The smallest absolute Gasteiger partial charge is 0.312 e. The number of ether oxygens (including phenoxy) is 1. The van der Waals surface area contributed by atoms with Gasteiger partial charge in [0.2, 0.25) is 0 Å². The minimum Gasteiger partial charge on any atom is -0.460 e. The quantitative estimate of drug-likeness (QED) is 0.845. The molecule has 0 saturated heterocycles. The van der Waals surface area contributed by atoms with Crippen LogP contribution in [0.1, 0.15) is 43.6 Å². The number of hydrogen-bond donors (Lipinski definition) is 1. The molecular formula is C13H20O3S. The fourth-order valence-electron chi connectivity index (χ4n) is 1.38. The molecule has 0 spiro atoms. The van der Waals surface area contributed by atoms with Gasteiger partial charge in [-0.05, 0) is 46.8 Å². The van der Waals surface area contributed by atoms with Crippen LogP contribution in [0.15, 0.2) is 12.1 Å². The van der Waals surface area contributed by atoms with Crippen molar-refractivity contribution in [3.8, 4) is 0 Å². The molecule has 3 nitrogen and oxygen atoms in total. The lowest BCUT2D eigenvalue weighted by molar-refractivity contribution is -0.163. The third-order valence-corrected chi connectivity index (χ3v) is 3.38. The highest BCUT2D eigenvalue weighted by atomic mass is 32.1. The standard InChI is InChI=1S/C13H20O3S/c1-8-6-7-10(17-8)11(14)9(2)12(15)16-13(3,4)5/h6-7,9,11,14H,1-5H3. The van der Waals surface area contributed by atoms with Crippen LogP contribution in [0.3, 0.4) is 0 Å². The third-order valence-electron chi connectivity index (χ3n) is 2.30. The molecule has 4 heteroatoms. The summed E-state index contributed by atoms with van der Waals surface area (Å²) in [6.07, 6.45) is -0.788. The summed E-state index contributed by atoms with van der Waals surface area (Å²) in [5.74, 6) is -0.914. The van der Waals surface area contributed by atoms with Crippen molar-refractivity contribution in [1.29, 1.82) is 0 Å². The van der Waals surface area contributed by atoms with Gasteiger partial charge in [-0.3, -0.25) is 4.79 Å². The fraction of sp³-hybridized carbons (Fsp3) is 0.615. The maximum absolute atomic E-state index is 11.8. The van der Waals surface area contributed by atoms with Gasteiger partial charge in [-0.2, -0.15) is 0 Å². The maximum Gasteiger partial charge on any atom is 0.312 e. The third kappa shape index (κ3) is 4.13. The molecule has 17 heavy (non-hydrogen) atoms. The first-order valence-corrected chi connectivity index (χ1v) is 6.49. The van der Waals surface area contributed by atoms with Crippen LogP contribution in [0.25, 0.3) is 0 Å². The van der Waals surface area contributed by atoms with Gasteiger partial charge in [0.25, 0.3) is 0 Å². The Hall–Kier alpha value is -0.870. The summed E-state index contributed by atoms with van der Waals surface area (Å²) < 4.78 is 5.25. The molecule has 0 aliphatic heterocycles. The molecule has 0 radical (unpaired) electrons. The van der Waals surface area contributed by atoms with Gasteiger partial charge in [0.1, 0.15) is 11.7 Å². The molecule has 0 aliphatic carbocycles. The molecule has 1 aromatic heterocycles. The van der Waals surface area contributed by atoms with E-state index < -0.39 is 17.6 Å². The monoisotopic (exact) mass is 256 g/mol. The molecule has 1 heterocycles. The molecule has 1 N–H and O–H groups in total. The van der Waals surface area contributed by atoms with Crippen LogP contribution in [-0.2, 0) is 9.53 Å². The van der Waals surface area contributed by atoms with Crippen molar-refractivity contribution in [2.24, 2.45) is 5.92 Å². The second-order valence-corrected chi connectivity index (χ2v) is 6.53. The van der Waals surface area contributed by atoms with Gasteiger partial charge in [-0.25, -0.2) is 0 Å². The van der Waals surface area contributed by atoms with Crippen molar-refractivity contribution in [3.05, 3.63) is 21.9 Å². The van der Waals surface area contributed by atoms with E-state index >= 15 is 0 Å². The van der Waals surface area contributed by atoms with Crippen LogP contribution in [0.4, 0.5) is 0 Å². The molecule has 1 rings (SSSR count). The molecule has 0 fully saturated rings. The molecule has 2 atom stereocenters. The van der Waals surface area contributed by atoms with E-state index in [1.54, 1.807) is 6.92 Å². The summed E-state index contributed by atoms with van der Waals surface area (Å²) in [5, 5.41) is 10.1. The van der Waals surface area contributed by atoms with Crippen LogP contribution in [-0.4, -0.2) is 16.7 Å². The number of esters is 1. The maximum atomic E-state index is 11.8. The number of hydrogen-bond acceptors (Lipinski definition) is 4. The highest BCUT2D eigenvalue weighted by Gasteiger charge is 2.28. The molecule has 2 unspecified atom stereocenters. The van der Waals surface area contributed by atoms with Gasteiger partial charge >= 0.3 is 5.97 Å². The Morgan fingerprint density at radius 1 is 1.41 bits per heavy atom. The van der Waals surface area contributed by atoms with E-state index in [1.807, 2.05) is 39.8 Å². The zero-order valence-corrected chi connectivity index (χ0v) is 11.8. The number of aliphatic hydroxyl groups is 1. The first kappa shape index (κ1) is 14.2. The Morgan fingerprint density at radius 3 is 2.41 bits per heavy atom. The Morgan fingerprint density at radius 2 is 2.00 bits per heavy atom. The molecule has 0 bridgehead atoms. The lowest BCUT2D eigenvalue weighted by atomic mass is 10.0. The van der Waals surface area contributed by atoms with Gasteiger partial charge in [-0.15, -0.1) is 11.3 Å². The predicted molar refractivity (Wildman–Crippen MR) is 69.0 cm³/mol. The molecule has 0 saturated carbocycles. The van der Waals surface area contributed by atoms with Gasteiger partial charge in [0.15, 0.2) is 0 Å². The van der Waals surface area contributed by atoms with Crippen LogP contribution < -0.4 is 0 Å². The topological polar surface area (TPSA) is 46.5 Å². The summed E-state index contributed by atoms with van der Waals surface area (Å²) in [4.78, 5) is 13.7. The summed E-state index contributed by atoms with van der Waals surface area (Å²) in [6.45, 7) is 9.12. The van der Waals surface area contributed by atoms with Gasteiger partial charge in [-0.1, -0.05) is 0 Å². The average Bonchev–Trinajstić information content (AvgIpc) is 2.60. The van der Waals surface area contributed by atoms with Crippen molar-refractivity contribution < 1.29 is 14.6 Å². The fourth-order valence-corrected chi connectivity index (χ4v) is 2.35. The van der Waals surface area contributed by atoms with Crippen molar-refractivity contribution in [1.82, 2.24) is 0 Å². The highest BCUT2D eigenvalue weighted by molar-refractivity contribution is 7.12. The minimum atomic E-state index is -0.788. The zero-order valence-electron chi connectivity index (χ0n) is 11.0. The Labute approximate surface area is 106 Å². The molecule has 0 aliphatic rings. The Kier molecular flexibility index (Phi) is 4.33. The van der Waals surface area contributed by atoms with Crippen molar-refractivity contribution in [3.63, 3.8) is 0 Å². The van der Waals surface area contributed by atoms with E-state index in [0.717, 1.165) is 9.75 Å². The van der Waals surface area contributed by atoms with E-state index in [4.69, 9.17) is 4.74 Å². The number of carbonyl (C=O) groups excluding carboxylic acids is 1. The largest absolute Gasteiger partial charge is 0.460 e. The number of rotatable bonds is 3. The second-order valence-electron chi connectivity index (χ2n) is 5.22. The molecule has 0 aromatic carbocycles.